The topological polar surface area (TPSA) is 148 Å². The standard InChI is InChI=1S/C16H18N4O5/c1-3-9-11(17)5-7-13(15(9)19(21)22)25-14-8-6-12(18)10(4-2)16(14)20(23)24/h5-8H,3-4,17-18H2,1-2H3. The Morgan fingerprint density at radius 1 is 0.840 bits per heavy atom. The summed E-state index contributed by atoms with van der Waals surface area (Å²) in [6.45, 7) is 3.45. The molecule has 25 heavy (non-hydrogen) atoms. The van der Waals surface area contributed by atoms with E-state index in [4.69, 9.17) is 16.2 Å². The number of nitrogen functional groups attached to an aromatic ring is 2. The summed E-state index contributed by atoms with van der Waals surface area (Å²) >= 11 is 0. The number of anilines is 2. The minimum Gasteiger partial charge on any atom is -0.443 e. The molecule has 2 aromatic carbocycles. The van der Waals surface area contributed by atoms with Crippen molar-refractivity contribution in [2.75, 3.05) is 11.5 Å². The zero-order valence-corrected chi connectivity index (χ0v) is 13.8. The number of nitrogens with two attached hydrogens (primary N) is 2. The van der Waals surface area contributed by atoms with E-state index in [2.05, 4.69) is 0 Å². The Balaban J connectivity index is 2.66. The third-order valence-corrected chi connectivity index (χ3v) is 3.86. The molecule has 2 aromatic rings. The Morgan fingerprint density at radius 3 is 1.48 bits per heavy atom. The average Bonchev–Trinajstić information content (AvgIpc) is 2.56. The Labute approximate surface area is 143 Å². The highest BCUT2D eigenvalue weighted by molar-refractivity contribution is 5.68. The molecule has 132 valence electrons. The zero-order chi connectivity index (χ0) is 18.7. The monoisotopic (exact) mass is 346 g/mol. The fourth-order valence-electron chi connectivity index (χ4n) is 2.69. The van der Waals surface area contributed by atoms with Crippen LogP contribution in [0.4, 0.5) is 22.7 Å². The van der Waals surface area contributed by atoms with E-state index >= 15 is 0 Å². The summed E-state index contributed by atoms with van der Waals surface area (Å²) in [5.41, 5.74) is 12.1. The molecule has 0 saturated carbocycles. The Bertz CT molecular complexity index is 781. The van der Waals surface area contributed by atoms with Gasteiger partial charge in [-0.25, -0.2) is 0 Å². The van der Waals surface area contributed by atoms with Crippen LogP contribution >= 0.6 is 0 Å². The first kappa shape index (κ1) is 18.0. The van der Waals surface area contributed by atoms with E-state index in [1.807, 2.05) is 0 Å². The van der Waals surface area contributed by atoms with E-state index in [1.165, 1.54) is 24.3 Å². The van der Waals surface area contributed by atoms with E-state index in [0.29, 0.717) is 24.0 Å². The molecule has 2 rings (SSSR count). The molecule has 0 spiro atoms. The van der Waals surface area contributed by atoms with Crippen molar-refractivity contribution < 1.29 is 14.6 Å². The quantitative estimate of drug-likeness (QED) is 0.461. The van der Waals surface area contributed by atoms with Crippen LogP contribution in [0.15, 0.2) is 24.3 Å². The van der Waals surface area contributed by atoms with Crippen molar-refractivity contribution in [1.82, 2.24) is 0 Å². The van der Waals surface area contributed by atoms with Crippen molar-refractivity contribution in [3.63, 3.8) is 0 Å². The van der Waals surface area contributed by atoms with E-state index < -0.39 is 9.85 Å². The van der Waals surface area contributed by atoms with Crippen LogP contribution < -0.4 is 16.2 Å². The summed E-state index contributed by atoms with van der Waals surface area (Å²) in [6.07, 6.45) is 0.646. The Kier molecular flexibility index (Phi) is 5.06. The first-order valence-electron chi connectivity index (χ1n) is 7.61. The van der Waals surface area contributed by atoms with Crippen LogP contribution in [0.25, 0.3) is 0 Å². The van der Waals surface area contributed by atoms with Crippen LogP contribution in [0.1, 0.15) is 25.0 Å². The van der Waals surface area contributed by atoms with Crippen molar-refractivity contribution >= 4 is 22.7 Å². The van der Waals surface area contributed by atoms with Crippen LogP contribution in [0.2, 0.25) is 0 Å². The van der Waals surface area contributed by atoms with Gasteiger partial charge in [-0.05, 0) is 37.1 Å². The maximum absolute atomic E-state index is 11.5. The van der Waals surface area contributed by atoms with Gasteiger partial charge in [0.15, 0.2) is 0 Å². The third-order valence-electron chi connectivity index (χ3n) is 3.86. The summed E-state index contributed by atoms with van der Waals surface area (Å²) < 4.78 is 5.56. The molecule has 0 aliphatic heterocycles. The van der Waals surface area contributed by atoms with Gasteiger partial charge in [0.25, 0.3) is 0 Å². The molecule has 9 heteroatoms. The van der Waals surface area contributed by atoms with Crippen LogP contribution in [0.5, 0.6) is 11.5 Å². The summed E-state index contributed by atoms with van der Waals surface area (Å²) in [5.74, 6) is -0.211. The Morgan fingerprint density at radius 2 is 1.20 bits per heavy atom. The number of rotatable bonds is 6. The van der Waals surface area contributed by atoms with Gasteiger partial charge in [-0.15, -0.1) is 0 Å². The lowest BCUT2D eigenvalue weighted by Gasteiger charge is -2.13. The second-order valence-electron chi connectivity index (χ2n) is 5.28. The predicted molar refractivity (Wildman–Crippen MR) is 93.8 cm³/mol. The molecule has 0 aromatic heterocycles. The Hall–Kier alpha value is -3.36. The van der Waals surface area contributed by atoms with Gasteiger partial charge in [0.1, 0.15) is 0 Å². The number of nitro benzene ring substituents is 2. The molecule has 0 aliphatic carbocycles. The lowest BCUT2D eigenvalue weighted by atomic mass is 10.1. The SMILES string of the molecule is CCc1c(N)ccc(Oc2ccc(N)c(CC)c2[N+](=O)[O-])c1[N+](=O)[O-]. The molecule has 0 amide bonds. The molecule has 0 bridgehead atoms. The maximum atomic E-state index is 11.5. The summed E-state index contributed by atoms with van der Waals surface area (Å²) in [4.78, 5) is 21.7. The first-order valence-corrected chi connectivity index (χ1v) is 7.61. The lowest BCUT2D eigenvalue weighted by molar-refractivity contribution is -0.388. The molecular formula is C16H18N4O5. The fourth-order valence-corrected chi connectivity index (χ4v) is 2.69. The molecule has 0 radical (unpaired) electrons. The average molecular weight is 346 g/mol. The summed E-state index contributed by atoms with van der Waals surface area (Å²) in [5, 5.41) is 22.9. The highest BCUT2D eigenvalue weighted by Gasteiger charge is 2.27. The van der Waals surface area contributed by atoms with Gasteiger partial charge in [-0.3, -0.25) is 20.2 Å². The number of nitro groups is 2. The molecular weight excluding hydrogens is 328 g/mol. The molecule has 0 fully saturated rings. The molecule has 0 heterocycles. The maximum Gasteiger partial charge on any atom is 0.316 e. The fraction of sp³-hybridized carbons (Fsp3) is 0.250. The normalized spacial score (nSPS) is 10.5. The number of benzene rings is 2. The van der Waals surface area contributed by atoms with E-state index in [0.717, 1.165) is 0 Å². The third kappa shape index (κ3) is 3.30. The minimum absolute atomic E-state index is 0.106. The predicted octanol–water partition coefficient (Wildman–Crippen LogP) is 3.58. The highest BCUT2D eigenvalue weighted by Crippen LogP contribution is 2.42. The zero-order valence-electron chi connectivity index (χ0n) is 13.8. The lowest BCUT2D eigenvalue weighted by Crippen LogP contribution is -2.05. The molecule has 9 nitrogen and oxygen atoms in total. The number of nitrogens with zero attached hydrogens (tertiary/aromatic N) is 2. The van der Waals surface area contributed by atoms with Crippen LogP contribution in [0, 0.1) is 20.2 Å². The van der Waals surface area contributed by atoms with E-state index in [9.17, 15) is 20.2 Å². The van der Waals surface area contributed by atoms with Gasteiger partial charge < -0.3 is 16.2 Å². The molecule has 0 aliphatic rings. The van der Waals surface area contributed by atoms with Crippen molar-refractivity contribution in [1.29, 1.82) is 0 Å². The van der Waals surface area contributed by atoms with Gasteiger partial charge in [-0.1, -0.05) is 13.8 Å². The van der Waals surface area contributed by atoms with Gasteiger partial charge in [0, 0.05) is 11.4 Å². The molecule has 4 N–H and O–H groups in total. The van der Waals surface area contributed by atoms with Gasteiger partial charge >= 0.3 is 11.4 Å². The van der Waals surface area contributed by atoms with E-state index in [-0.39, 0.29) is 34.2 Å². The highest BCUT2D eigenvalue weighted by atomic mass is 16.6. The summed E-state index contributed by atoms with van der Waals surface area (Å²) in [7, 11) is 0. The van der Waals surface area contributed by atoms with Crippen LogP contribution in [0.3, 0.4) is 0 Å². The second-order valence-corrected chi connectivity index (χ2v) is 5.28. The smallest absolute Gasteiger partial charge is 0.316 e. The van der Waals surface area contributed by atoms with Gasteiger partial charge in [0.2, 0.25) is 11.5 Å². The number of hydrogen-bond donors (Lipinski definition) is 2. The number of hydrogen-bond acceptors (Lipinski definition) is 7. The van der Waals surface area contributed by atoms with Gasteiger partial charge in [0.05, 0.1) is 21.0 Å². The van der Waals surface area contributed by atoms with Crippen LogP contribution in [-0.2, 0) is 12.8 Å². The van der Waals surface area contributed by atoms with E-state index in [1.54, 1.807) is 13.8 Å². The minimum atomic E-state index is -0.603. The van der Waals surface area contributed by atoms with Crippen molar-refractivity contribution in [3.05, 3.63) is 55.6 Å². The molecule has 0 atom stereocenters. The van der Waals surface area contributed by atoms with Crippen molar-refractivity contribution in [2.45, 2.75) is 26.7 Å². The summed E-state index contributed by atoms with van der Waals surface area (Å²) in [6, 6.07) is 5.62. The largest absolute Gasteiger partial charge is 0.443 e. The number of ether oxygens (including phenoxy) is 1. The van der Waals surface area contributed by atoms with Crippen molar-refractivity contribution in [2.24, 2.45) is 0 Å². The van der Waals surface area contributed by atoms with Crippen molar-refractivity contribution in [3.8, 4) is 11.5 Å². The van der Waals surface area contributed by atoms with Crippen LogP contribution in [-0.4, -0.2) is 9.85 Å². The molecule has 0 saturated heterocycles. The first-order chi connectivity index (χ1) is 11.8. The second kappa shape index (κ2) is 7.04. The molecule has 0 unspecified atom stereocenters. The van der Waals surface area contributed by atoms with Gasteiger partial charge in [-0.2, -0.15) is 0 Å².